The fourth-order valence-electron chi connectivity index (χ4n) is 4.20. The highest BCUT2D eigenvalue weighted by molar-refractivity contribution is 9.10. The van der Waals surface area contributed by atoms with Gasteiger partial charge in [0.05, 0.1) is 11.9 Å². The molecule has 0 saturated heterocycles. The van der Waals surface area contributed by atoms with E-state index in [1.54, 1.807) is 6.20 Å². The van der Waals surface area contributed by atoms with Gasteiger partial charge in [0, 0.05) is 6.20 Å². The molecule has 2 N–H and O–H groups in total. The predicted octanol–water partition coefficient (Wildman–Crippen LogP) is 5.62. The number of anilines is 1. The molecule has 4 nitrogen and oxygen atoms in total. The Labute approximate surface area is 183 Å². The standard InChI is InChI=1S/C25H19BrN4/c26-22-16-28-24-23(29-22)21(27)17-30(24)25(18-10-4-1-5-11-18,19-12-6-2-7-13-19)20-14-8-3-9-15-20/h1-17H,27H2. The molecule has 5 rings (SSSR count). The molecule has 0 amide bonds. The Hall–Kier alpha value is -3.44. The van der Waals surface area contributed by atoms with E-state index in [9.17, 15) is 0 Å². The number of fused-ring (bicyclic) bond motifs is 1. The van der Waals surface area contributed by atoms with E-state index < -0.39 is 5.54 Å². The fourth-order valence-corrected chi connectivity index (χ4v) is 4.48. The van der Waals surface area contributed by atoms with Crippen molar-refractivity contribution in [2.45, 2.75) is 5.54 Å². The van der Waals surface area contributed by atoms with Gasteiger partial charge in [-0.05, 0) is 32.6 Å². The van der Waals surface area contributed by atoms with Gasteiger partial charge >= 0.3 is 0 Å². The maximum atomic E-state index is 6.43. The molecule has 0 unspecified atom stereocenters. The van der Waals surface area contributed by atoms with Crippen LogP contribution in [-0.4, -0.2) is 14.5 Å². The maximum Gasteiger partial charge on any atom is 0.162 e. The van der Waals surface area contributed by atoms with Crippen molar-refractivity contribution in [2.75, 3.05) is 5.73 Å². The van der Waals surface area contributed by atoms with Crippen LogP contribution in [0.3, 0.4) is 0 Å². The maximum absolute atomic E-state index is 6.43. The number of hydrogen-bond acceptors (Lipinski definition) is 3. The van der Waals surface area contributed by atoms with E-state index in [1.165, 1.54) is 0 Å². The van der Waals surface area contributed by atoms with E-state index in [0.717, 1.165) is 22.3 Å². The van der Waals surface area contributed by atoms with Crippen LogP contribution in [0, 0.1) is 0 Å². The normalized spacial score (nSPS) is 11.6. The van der Waals surface area contributed by atoms with Crippen molar-refractivity contribution in [3.63, 3.8) is 0 Å². The van der Waals surface area contributed by atoms with Gasteiger partial charge in [-0.25, -0.2) is 9.97 Å². The summed E-state index contributed by atoms with van der Waals surface area (Å²) in [7, 11) is 0. The van der Waals surface area contributed by atoms with Gasteiger partial charge < -0.3 is 10.3 Å². The lowest BCUT2D eigenvalue weighted by atomic mass is 9.76. The van der Waals surface area contributed by atoms with E-state index in [2.05, 4.69) is 98.3 Å². The largest absolute Gasteiger partial charge is 0.396 e. The first-order valence-electron chi connectivity index (χ1n) is 9.67. The van der Waals surface area contributed by atoms with E-state index in [4.69, 9.17) is 10.7 Å². The molecule has 0 spiro atoms. The Bertz CT molecular complexity index is 1200. The first-order valence-corrected chi connectivity index (χ1v) is 10.5. The highest BCUT2D eigenvalue weighted by Crippen LogP contribution is 2.43. The van der Waals surface area contributed by atoms with Crippen molar-refractivity contribution in [3.05, 3.63) is 125 Å². The van der Waals surface area contributed by atoms with Crippen molar-refractivity contribution < 1.29 is 0 Å². The van der Waals surface area contributed by atoms with Crippen molar-refractivity contribution >= 4 is 32.8 Å². The van der Waals surface area contributed by atoms with Gasteiger partial charge in [0.15, 0.2) is 5.65 Å². The number of nitrogen functional groups attached to an aromatic ring is 1. The van der Waals surface area contributed by atoms with Gasteiger partial charge in [-0.2, -0.15) is 0 Å². The Balaban J connectivity index is 1.98. The minimum Gasteiger partial charge on any atom is -0.396 e. The second kappa shape index (κ2) is 7.43. The fraction of sp³-hybridized carbons (Fsp3) is 0.0400. The van der Waals surface area contributed by atoms with E-state index in [0.29, 0.717) is 15.8 Å². The first kappa shape index (κ1) is 18.6. The lowest BCUT2D eigenvalue weighted by Crippen LogP contribution is -2.37. The topological polar surface area (TPSA) is 56.7 Å². The smallest absolute Gasteiger partial charge is 0.162 e. The molecule has 0 radical (unpaired) electrons. The van der Waals surface area contributed by atoms with Gasteiger partial charge in [0.2, 0.25) is 0 Å². The zero-order valence-electron chi connectivity index (χ0n) is 16.1. The van der Waals surface area contributed by atoms with Crippen LogP contribution >= 0.6 is 15.9 Å². The third-order valence-corrected chi connectivity index (χ3v) is 5.81. The average Bonchev–Trinajstić information content (AvgIpc) is 3.12. The molecule has 3 aromatic carbocycles. The number of nitrogens with two attached hydrogens (primary N) is 1. The van der Waals surface area contributed by atoms with E-state index in [1.807, 2.05) is 24.4 Å². The number of rotatable bonds is 4. The highest BCUT2D eigenvalue weighted by Gasteiger charge is 2.40. The minimum atomic E-state index is -0.665. The summed E-state index contributed by atoms with van der Waals surface area (Å²) in [5.41, 5.74) is 11.1. The van der Waals surface area contributed by atoms with Crippen LogP contribution in [0.2, 0.25) is 0 Å². The molecular weight excluding hydrogens is 436 g/mol. The molecular formula is C25H19BrN4. The van der Waals surface area contributed by atoms with Crippen LogP contribution in [0.15, 0.2) is 108 Å². The predicted molar refractivity (Wildman–Crippen MR) is 124 cm³/mol. The van der Waals surface area contributed by atoms with Crippen LogP contribution in [0.4, 0.5) is 5.69 Å². The molecule has 0 saturated carbocycles. The zero-order valence-corrected chi connectivity index (χ0v) is 17.7. The number of hydrogen-bond donors (Lipinski definition) is 1. The molecule has 2 heterocycles. The summed E-state index contributed by atoms with van der Waals surface area (Å²) in [6.07, 6.45) is 3.66. The quantitative estimate of drug-likeness (QED) is 0.358. The number of benzene rings is 3. The van der Waals surface area contributed by atoms with E-state index in [-0.39, 0.29) is 0 Å². The Morgan fingerprint density at radius 3 is 1.67 bits per heavy atom. The Morgan fingerprint density at radius 1 is 0.733 bits per heavy atom. The second-order valence-electron chi connectivity index (χ2n) is 7.13. The second-order valence-corrected chi connectivity index (χ2v) is 7.94. The summed E-state index contributed by atoms with van der Waals surface area (Å²) in [4.78, 5) is 9.32. The number of nitrogens with zero attached hydrogens (tertiary/aromatic N) is 3. The van der Waals surface area contributed by atoms with Gasteiger partial charge in [0.25, 0.3) is 0 Å². The zero-order chi connectivity index (χ0) is 20.6. The van der Waals surface area contributed by atoms with Crippen molar-refractivity contribution in [1.82, 2.24) is 14.5 Å². The Kier molecular flexibility index (Phi) is 4.60. The molecule has 0 aliphatic rings. The third kappa shape index (κ3) is 2.82. The highest BCUT2D eigenvalue weighted by atomic mass is 79.9. The Morgan fingerprint density at radius 2 is 1.20 bits per heavy atom. The van der Waals surface area contributed by atoms with E-state index >= 15 is 0 Å². The first-order chi connectivity index (χ1) is 14.7. The van der Waals surface area contributed by atoms with Crippen LogP contribution in [0.1, 0.15) is 16.7 Å². The van der Waals surface area contributed by atoms with Crippen LogP contribution in [0.5, 0.6) is 0 Å². The summed E-state index contributed by atoms with van der Waals surface area (Å²) >= 11 is 3.42. The monoisotopic (exact) mass is 454 g/mol. The van der Waals surface area contributed by atoms with Crippen molar-refractivity contribution in [1.29, 1.82) is 0 Å². The summed E-state index contributed by atoms with van der Waals surface area (Å²) in [6.45, 7) is 0. The molecule has 30 heavy (non-hydrogen) atoms. The molecule has 146 valence electrons. The molecule has 5 aromatic rings. The van der Waals surface area contributed by atoms with Gasteiger partial charge in [-0.15, -0.1) is 0 Å². The summed E-state index contributed by atoms with van der Waals surface area (Å²) in [5.74, 6) is 0. The van der Waals surface area contributed by atoms with Crippen LogP contribution < -0.4 is 5.73 Å². The SMILES string of the molecule is Nc1cn(C(c2ccccc2)(c2ccccc2)c2ccccc2)c2ncc(Br)nc12. The molecule has 5 heteroatoms. The minimum absolute atomic E-state index is 0.589. The average molecular weight is 455 g/mol. The number of aromatic nitrogens is 3. The third-order valence-electron chi connectivity index (χ3n) is 5.43. The summed E-state index contributed by atoms with van der Waals surface area (Å²) in [5, 5.41) is 0. The molecule has 0 aliphatic heterocycles. The molecule has 2 aromatic heterocycles. The summed E-state index contributed by atoms with van der Waals surface area (Å²) in [6, 6.07) is 31.4. The number of halogens is 1. The van der Waals surface area contributed by atoms with Crippen LogP contribution in [-0.2, 0) is 5.54 Å². The van der Waals surface area contributed by atoms with Crippen molar-refractivity contribution in [2.24, 2.45) is 0 Å². The summed E-state index contributed by atoms with van der Waals surface area (Å²) < 4.78 is 2.81. The lowest BCUT2D eigenvalue weighted by molar-refractivity contribution is 0.530. The molecule has 0 aliphatic carbocycles. The molecule has 0 atom stereocenters. The van der Waals surface area contributed by atoms with Gasteiger partial charge in [0.1, 0.15) is 15.7 Å². The van der Waals surface area contributed by atoms with Gasteiger partial charge in [-0.1, -0.05) is 91.0 Å². The molecule has 0 fully saturated rings. The van der Waals surface area contributed by atoms with Crippen LogP contribution in [0.25, 0.3) is 11.2 Å². The lowest BCUT2D eigenvalue weighted by Gasteiger charge is -2.38. The molecule has 0 bridgehead atoms. The van der Waals surface area contributed by atoms with Gasteiger partial charge in [-0.3, -0.25) is 0 Å². The van der Waals surface area contributed by atoms with Crippen molar-refractivity contribution in [3.8, 4) is 0 Å².